The van der Waals surface area contributed by atoms with Gasteiger partial charge in [-0.1, -0.05) is 43.2 Å². The number of nitrogens with zero attached hydrogens (tertiary/aromatic N) is 1. The van der Waals surface area contributed by atoms with Crippen LogP contribution in [0.4, 0.5) is 11.4 Å². The van der Waals surface area contributed by atoms with Gasteiger partial charge in [-0.3, -0.25) is 14.5 Å². The van der Waals surface area contributed by atoms with Gasteiger partial charge in [-0.15, -0.1) is 6.58 Å². The first kappa shape index (κ1) is 26.8. The van der Waals surface area contributed by atoms with Crippen molar-refractivity contribution in [3.63, 3.8) is 0 Å². The zero-order chi connectivity index (χ0) is 25.2. The van der Waals surface area contributed by atoms with Gasteiger partial charge in [0.2, 0.25) is 11.8 Å². The van der Waals surface area contributed by atoms with Gasteiger partial charge in [-0.25, -0.2) is 0 Å². The van der Waals surface area contributed by atoms with E-state index in [0.717, 1.165) is 37.2 Å². The lowest BCUT2D eigenvalue weighted by atomic mass is 9.93. The number of anilines is 2. The molecule has 1 atom stereocenters. The molecule has 1 aliphatic rings. The molecule has 2 N–H and O–H groups in total. The number of hydrogen-bond acceptors (Lipinski definition) is 4. The molecule has 7 heteroatoms. The summed E-state index contributed by atoms with van der Waals surface area (Å²) in [4.78, 5) is 27.3. The number of carbonyl (C=O) groups excluding carboxylic acids is 2. The van der Waals surface area contributed by atoms with Crippen LogP contribution in [0, 0.1) is 0 Å². The van der Waals surface area contributed by atoms with E-state index in [4.69, 9.17) is 16.3 Å². The van der Waals surface area contributed by atoms with Gasteiger partial charge in [0.05, 0.1) is 11.6 Å². The highest BCUT2D eigenvalue weighted by molar-refractivity contribution is 6.31. The van der Waals surface area contributed by atoms with Crippen molar-refractivity contribution >= 4 is 34.8 Å². The molecule has 188 valence electrons. The Morgan fingerprint density at radius 2 is 1.91 bits per heavy atom. The van der Waals surface area contributed by atoms with Crippen molar-refractivity contribution in [2.75, 3.05) is 36.9 Å². The van der Waals surface area contributed by atoms with Gasteiger partial charge < -0.3 is 15.4 Å². The Labute approximate surface area is 213 Å². The number of likely N-dealkylation sites (tertiary alicyclic amines) is 1. The third-order valence-corrected chi connectivity index (χ3v) is 6.60. The first-order chi connectivity index (χ1) is 16.9. The summed E-state index contributed by atoms with van der Waals surface area (Å²) in [5.41, 5.74) is 3.08. The molecule has 2 aromatic carbocycles. The van der Waals surface area contributed by atoms with Crippen LogP contribution in [0.1, 0.15) is 56.6 Å². The molecule has 0 bridgehead atoms. The van der Waals surface area contributed by atoms with Crippen LogP contribution in [-0.4, -0.2) is 43.0 Å². The SMILES string of the molecule is C=CCC(C(=O)Nc1ccc(NC(C)=O)c(OCCN2CCCCC2)c1)c1ccc(CC)c(Cl)c1. The fraction of sp³-hybridized carbons (Fsp3) is 0.429. The van der Waals surface area contributed by atoms with E-state index in [0.29, 0.717) is 35.2 Å². The highest BCUT2D eigenvalue weighted by Crippen LogP contribution is 2.31. The molecule has 0 radical (unpaired) electrons. The van der Waals surface area contributed by atoms with Gasteiger partial charge in [-0.05, 0) is 68.1 Å². The minimum Gasteiger partial charge on any atom is -0.490 e. The number of piperidine rings is 1. The number of carbonyl (C=O) groups is 2. The van der Waals surface area contributed by atoms with Crippen molar-refractivity contribution in [1.82, 2.24) is 4.90 Å². The van der Waals surface area contributed by atoms with E-state index in [1.54, 1.807) is 24.3 Å². The number of hydrogen-bond donors (Lipinski definition) is 2. The zero-order valence-electron chi connectivity index (χ0n) is 20.7. The topological polar surface area (TPSA) is 70.7 Å². The molecule has 0 aliphatic carbocycles. The number of amides is 2. The Balaban J connectivity index is 1.74. The average Bonchev–Trinajstić information content (AvgIpc) is 2.84. The molecule has 1 fully saturated rings. The monoisotopic (exact) mass is 497 g/mol. The molecule has 0 saturated carbocycles. The first-order valence-corrected chi connectivity index (χ1v) is 12.8. The van der Waals surface area contributed by atoms with E-state index in [-0.39, 0.29) is 11.8 Å². The Kier molecular flexibility index (Phi) is 10.2. The second-order valence-electron chi connectivity index (χ2n) is 8.91. The number of aryl methyl sites for hydroxylation is 1. The summed E-state index contributed by atoms with van der Waals surface area (Å²) in [6.45, 7) is 10.8. The summed E-state index contributed by atoms with van der Waals surface area (Å²) in [5.74, 6) is -0.224. The maximum absolute atomic E-state index is 13.2. The lowest BCUT2D eigenvalue weighted by Gasteiger charge is -2.26. The molecule has 1 saturated heterocycles. The first-order valence-electron chi connectivity index (χ1n) is 12.4. The third kappa shape index (κ3) is 7.84. The van der Waals surface area contributed by atoms with E-state index in [1.807, 2.05) is 25.1 Å². The molecule has 1 aliphatic heterocycles. The van der Waals surface area contributed by atoms with E-state index >= 15 is 0 Å². The highest BCUT2D eigenvalue weighted by atomic mass is 35.5. The van der Waals surface area contributed by atoms with Crippen LogP contribution in [0.5, 0.6) is 5.75 Å². The van der Waals surface area contributed by atoms with E-state index < -0.39 is 5.92 Å². The van der Waals surface area contributed by atoms with E-state index in [9.17, 15) is 9.59 Å². The summed E-state index contributed by atoms with van der Waals surface area (Å²) in [6, 6.07) is 11.1. The quantitative estimate of drug-likeness (QED) is 0.372. The smallest absolute Gasteiger partial charge is 0.232 e. The van der Waals surface area contributed by atoms with Crippen molar-refractivity contribution in [1.29, 1.82) is 0 Å². The molecule has 6 nitrogen and oxygen atoms in total. The fourth-order valence-corrected chi connectivity index (χ4v) is 4.66. The number of ether oxygens (including phenoxy) is 1. The van der Waals surface area contributed by atoms with Crippen molar-refractivity contribution in [3.05, 3.63) is 65.2 Å². The summed E-state index contributed by atoms with van der Waals surface area (Å²) < 4.78 is 6.06. The lowest BCUT2D eigenvalue weighted by molar-refractivity contribution is -0.117. The molecule has 2 aromatic rings. The van der Waals surface area contributed by atoms with Crippen LogP contribution in [0.3, 0.4) is 0 Å². The van der Waals surface area contributed by atoms with Crippen molar-refractivity contribution in [2.45, 2.75) is 51.9 Å². The molecule has 0 aromatic heterocycles. The standard InChI is InChI=1S/C28H36ClN3O3/c1-4-9-24(22-11-10-21(5-2)25(29)18-22)28(34)31-23-12-13-26(30-20(3)33)27(19-23)35-17-16-32-14-7-6-8-15-32/h4,10-13,18-19,24H,1,5-9,14-17H2,2-3H3,(H,30,33)(H,31,34). The van der Waals surface area contributed by atoms with Gasteiger partial charge in [0.1, 0.15) is 12.4 Å². The zero-order valence-corrected chi connectivity index (χ0v) is 21.5. The van der Waals surface area contributed by atoms with Gasteiger partial charge in [0, 0.05) is 30.2 Å². The fourth-order valence-electron chi connectivity index (χ4n) is 4.34. The van der Waals surface area contributed by atoms with Crippen LogP contribution < -0.4 is 15.4 Å². The van der Waals surface area contributed by atoms with Crippen LogP contribution in [0.25, 0.3) is 0 Å². The summed E-state index contributed by atoms with van der Waals surface area (Å²) in [6.07, 6.45) is 6.78. The molecule has 1 heterocycles. The summed E-state index contributed by atoms with van der Waals surface area (Å²) >= 11 is 6.41. The Hall–Kier alpha value is -2.83. The van der Waals surface area contributed by atoms with Gasteiger partial charge in [0.25, 0.3) is 0 Å². The average molecular weight is 498 g/mol. The van der Waals surface area contributed by atoms with E-state index in [2.05, 4.69) is 22.1 Å². The Morgan fingerprint density at radius 1 is 1.14 bits per heavy atom. The predicted molar refractivity (Wildman–Crippen MR) is 144 cm³/mol. The number of nitrogens with one attached hydrogen (secondary N) is 2. The second-order valence-corrected chi connectivity index (χ2v) is 9.32. The minimum absolute atomic E-state index is 0.156. The van der Waals surface area contributed by atoms with Crippen LogP contribution in [0.2, 0.25) is 5.02 Å². The number of rotatable bonds is 11. The maximum Gasteiger partial charge on any atom is 0.232 e. The summed E-state index contributed by atoms with van der Waals surface area (Å²) in [7, 11) is 0. The molecule has 1 unspecified atom stereocenters. The Morgan fingerprint density at radius 3 is 2.57 bits per heavy atom. The third-order valence-electron chi connectivity index (χ3n) is 6.25. The molecular formula is C28H36ClN3O3. The molecule has 2 amide bonds. The van der Waals surface area contributed by atoms with Crippen LogP contribution in [-0.2, 0) is 16.0 Å². The van der Waals surface area contributed by atoms with Crippen LogP contribution >= 0.6 is 11.6 Å². The van der Waals surface area contributed by atoms with Crippen molar-refractivity contribution < 1.29 is 14.3 Å². The molecule has 0 spiro atoms. The second kappa shape index (κ2) is 13.3. The number of halogens is 1. The Bertz CT molecular complexity index is 1030. The summed E-state index contributed by atoms with van der Waals surface area (Å²) in [5, 5.41) is 6.47. The predicted octanol–water partition coefficient (Wildman–Crippen LogP) is 6.02. The highest BCUT2D eigenvalue weighted by Gasteiger charge is 2.21. The van der Waals surface area contributed by atoms with Gasteiger partial charge in [-0.2, -0.15) is 0 Å². The molecule has 35 heavy (non-hydrogen) atoms. The normalized spacial score (nSPS) is 14.7. The van der Waals surface area contributed by atoms with Crippen molar-refractivity contribution in [2.24, 2.45) is 0 Å². The largest absolute Gasteiger partial charge is 0.490 e. The van der Waals surface area contributed by atoms with Crippen molar-refractivity contribution in [3.8, 4) is 5.75 Å². The maximum atomic E-state index is 13.2. The number of allylic oxidation sites excluding steroid dienone is 1. The molecular weight excluding hydrogens is 462 g/mol. The van der Waals surface area contributed by atoms with Gasteiger partial charge in [0.15, 0.2) is 0 Å². The number of benzene rings is 2. The van der Waals surface area contributed by atoms with Crippen LogP contribution in [0.15, 0.2) is 49.1 Å². The minimum atomic E-state index is -0.422. The van der Waals surface area contributed by atoms with Gasteiger partial charge >= 0.3 is 0 Å². The van der Waals surface area contributed by atoms with E-state index in [1.165, 1.54) is 26.2 Å². The lowest BCUT2D eigenvalue weighted by Crippen LogP contribution is -2.33. The molecule has 3 rings (SSSR count).